The first-order valence-corrected chi connectivity index (χ1v) is 3.94. The van der Waals surface area contributed by atoms with Crippen molar-refractivity contribution in [2.24, 2.45) is 0 Å². The van der Waals surface area contributed by atoms with E-state index in [0.29, 0.717) is 5.57 Å². The Morgan fingerprint density at radius 2 is 2.00 bits per heavy atom. The zero-order valence-corrected chi connectivity index (χ0v) is 7.47. The van der Waals surface area contributed by atoms with Crippen molar-refractivity contribution >= 4 is 22.2 Å². The number of carbonyl (C=O) groups is 1. The first kappa shape index (κ1) is 8.21. The molecule has 0 amide bonds. The SMILES string of the molecule is C=C1C=CC=CC(Br)=C1C=O. The number of carbonyl (C=O) groups excluding carboxylic acids is 1. The average Bonchev–Trinajstić information content (AvgIpc) is 2.12. The second-order valence-corrected chi connectivity index (χ2v) is 2.98. The molecule has 2 heteroatoms. The van der Waals surface area contributed by atoms with Gasteiger partial charge in [-0.05, 0) is 11.6 Å². The van der Waals surface area contributed by atoms with Crippen molar-refractivity contribution < 1.29 is 4.79 Å². The van der Waals surface area contributed by atoms with Crippen LogP contribution in [0.25, 0.3) is 0 Å². The van der Waals surface area contributed by atoms with Crippen molar-refractivity contribution in [3.05, 3.63) is 46.5 Å². The Hall–Kier alpha value is -0.890. The summed E-state index contributed by atoms with van der Waals surface area (Å²) in [4.78, 5) is 10.5. The molecule has 0 aromatic heterocycles. The second-order valence-electron chi connectivity index (χ2n) is 2.12. The summed E-state index contributed by atoms with van der Waals surface area (Å²) < 4.78 is 0.780. The Morgan fingerprint density at radius 3 is 2.64 bits per heavy atom. The van der Waals surface area contributed by atoms with Gasteiger partial charge in [0.15, 0.2) is 6.29 Å². The summed E-state index contributed by atoms with van der Waals surface area (Å²) in [6.45, 7) is 3.73. The third kappa shape index (κ3) is 1.77. The molecule has 0 spiro atoms. The molecule has 0 bridgehead atoms. The summed E-state index contributed by atoms with van der Waals surface area (Å²) in [5.74, 6) is 0. The van der Waals surface area contributed by atoms with Gasteiger partial charge in [0, 0.05) is 10.1 Å². The van der Waals surface area contributed by atoms with Crippen LogP contribution in [0, 0.1) is 0 Å². The molecular weight excluding hydrogens is 204 g/mol. The summed E-state index contributed by atoms with van der Waals surface area (Å²) in [6, 6.07) is 0. The zero-order chi connectivity index (χ0) is 8.27. The Labute approximate surface area is 73.9 Å². The molecule has 0 saturated carbocycles. The van der Waals surface area contributed by atoms with Gasteiger partial charge >= 0.3 is 0 Å². The van der Waals surface area contributed by atoms with Gasteiger partial charge in [0.2, 0.25) is 0 Å². The van der Waals surface area contributed by atoms with E-state index >= 15 is 0 Å². The molecule has 0 unspecified atom stereocenters. The molecule has 1 aliphatic carbocycles. The average molecular weight is 211 g/mol. The summed E-state index contributed by atoms with van der Waals surface area (Å²) in [5, 5.41) is 0. The molecular formula is C9H7BrO. The van der Waals surface area contributed by atoms with Crippen LogP contribution in [0.15, 0.2) is 46.5 Å². The highest BCUT2D eigenvalue weighted by molar-refractivity contribution is 9.12. The minimum atomic E-state index is 0.606. The van der Waals surface area contributed by atoms with Crippen molar-refractivity contribution in [3.8, 4) is 0 Å². The van der Waals surface area contributed by atoms with Crippen molar-refractivity contribution in [1.82, 2.24) is 0 Å². The molecule has 0 N–H and O–H groups in total. The van der Waals surface area contributed by atoms with E-state index in [9.17, 15) is 4.79 Å². The van der Waals surface area contributed by atoms with Gasteiger partial charge in [-0.1, -0.05) is 40.7 Å². The number of allylic oxidation sites excluding steroid dienone is 7. The normalized spacial score (nSPS) is 17.0. The Kier molecular flexibility index (Phi) is 2.60. The number of aldehydes is 1. The van der Waals surface area contributed by atoms with Gasteiger partial charge in [0.25, 0.3) is 0 Å². The molecule has 0 aromatic carbocycles. The molecule has 0 aromatic rings. The van der Waals surface area contributed by atoms with Crippen molar-refractivity contribution in [2.75, 3.05) is 0 Å². The highest BCUT2D eigenvalue weighted by atomic mass is 79.9. The second kappa shape index (κ2) is 3.49. The minimum absolute atomic E-state index is 0.606. The molecule has 0 aliphatic heterocycles. The van der Waals surface area contributed by atoms with Crippen molar-refractivity contribution in [1.29, 1.82) is 0 Å². The minimum Gasteiger partial charge on any atom is -0.298 e. The molecule has 1 rings (SSSR count). The van der Waals surface area contributed by atoms with Gasteiger partial charge in [-0.15, -0.1) is 0 Å². The summed E-state index contributed by atoms with van der Waals surface area (Å²) in [6.07, 6.45) is 8.12. The number of hydrogen-bond acceptors (Lipinski definition) is 1. The largest absolute Gasteiger partial charge is 0.298 e. The molecule has 0 saturated heterocycles. The molecule has 11 heavy (non-hydrogen) atoms. The van der Waals surface area contributed by atoms with Crippen LogP contribution in [0.3, 0.4) is 0 Å². The van der Waals surface area contributed by atoms with Gasteiger partial charge in [-0.3, -0.25) is 4.79 Å². The zero-order valence-electron chi connectivity index (χ0n) is 5.88. The van der Waals surface area contributed by atoms with Crippen LogP contribution in [-0.4, -0.2) is 6.29 Å². The monoisotopic (exact) mass is 210 g/mol. The van der Waals surface area contributed by atoms with Gasteiger partial charge in [0.05, 0.1) is 0 Å². The van der Waals surface area contributed by atoms with Crippen LogP contribution >= 0.6 is 15.9 Å². The van der Waals surface area contributed by atoms with E-state index in [1.54, 1.807) is 6.08 Å². The van der Waals surface area contributed by atoms with E-state index in [4.69, 9.17) is 0 Å². The van der Waals surface area contributed by atoms with E-state index in [2.05, 4.69) is 22.5 Å². The quantitative estimate of drug-likeness (QED) is 0.609. The van der Waals surface area contributed by atoms with Gasteiger partial charge < -0.3 is 0 Å². The van der Waals surface area contributed by atoms with Gasteiger partial charge in [-0.2, -0.15) is 0 Å². The highest BCUT2D eigenvalue weighted by Gasteiger charge is 2.03. The molecule has 0 heterocycles. The predicted octanol–water partition coefficient (Wildman–Crippen LogP) is 2.52. The molecule has 0 radical (unpaired) electrons. The topological polar surface area (TPSA) is 17.1 Å². The lowest BCUT2D eigenvalue weighted by atomic mass is 10.1. The molecule has 0 atom stereocenters. The van der Waals surface area contributed by atoms with E-state index < -0.39 is 0 Å². The Balaban J connectivity index is 3.16. The maximum absolute atomic E-state index is 10.5. The van der Waals surface area contributed by atoms with Crippen LogP contribution in [0.4, 0.5) is 0 Å². The fourth-order valence-electron chi connectivity index (χ4n) is 0.777. The van der Waals surface area contributed by atoms with E-state index in [1.165, 1.54) is 0 Å². The van der Waals surface area contributed by atoms with Crippen LogP contribution in [0.2, 0.25) is 0 Å². The van der Waals surface area contributed by atoms with Gasteiger partial charge in [0.1, 0.15) is 0 Å². The highest BCUT2D eigenvalue weighted by Crippen LogP contribution is 2.21. The smallest absolute Gasteiger partial charge is 0.151 e. The number of hydrogen-bond donors (Lipinski definition) is 0. The number of rotatable bonds is 1. The summed E-state index contributed by atoms with van der Waals surface area (Å²) >= 11 is 3.27. The third-order valence-electron chi connectivity index (χ3n) is 1.37. The Bertz CT molecular complexity index is 282. The van der Waals surface area contributed by atoms with E-state index in [-0.39, 0.29) is 0 Å². The van der Waals surface area contributed by atoms with Crippen LogP contribution in [0.5, 0.6) is 0 Å². The lowest BCUT2D eigenvalue weighted by Gasteiger charge is -1.97. The predicted molar refractivity (Wildman–Crippen MR) is 49.4 cm³/mol. The molecule has 0 fully saturated rings. The van der Waals surface area contributed by atoms with E-state index in [1.807, 2.05) is 18.2 Å². The maximum Gasteiger partial charge on any atom is 0.151 e. The van der Waals surface area contributed by atoms with E-state index in [0.717, 1.165) is 16.3 Å². The first-order valence-electron chi connectivity index (χ1n) is 3.14. The Morgan fingerprint density at radius 1 is 1.36 bits per heavy atom. The lowest BCUT2D eigenvalue weighted by Crippen LogP contribution is -1.87. The lowest BCUT2D eigenvalue weighted by molar-refractivity contribution is -0.104. The number of halogens is 1. The third-order valence-corrected chi connectivity index (χ3v) is 2.06. The molecule has 56 valence electrons. The molecule has 1 nitrogen and oxygen atoms in total. The molecule has 1 aliphatic rings. The van der Waals surface area contributed by atoms with Crippen LogP contribution in [-0.2, 0) is 4.79 Å². The van der Waals surface area contributed by atoms with Crippen molar-refractivity contribution in [3.63, 3.8) is 0 Å². The fourth-order valence-corrected chi connectivity index (χ4v) is 1.28. The fraction of sp³-hybridized carbons (Fsp3) is 0. The summed E-state index contributed by atoms with van der Waals surface area (Å²) in [7, 11) is 0. The maximum atomic E-state index is 10.5. The van der Waals surface area contributed by atoms with Crippen LogP contribution < -0.4 is 0 Å². The van der Waals surface area contributed by atoms with Gasteiger partial charge in [-0.25, -0.2) is 0 Å². The first-order chi connectivity index (χ1) is 5.25. The standard InChI is InChI=1S/C9H7BrO/c1-7-4-2-3-5-9(10)8(7)6-11/h2-6H,1H2. The van der Waals surface area contributed by atoms with Crippen molar-refractivity contribution in [2.45, 2.75) is 0 Å². The van der Waals surface area contributed by atoms with Crippen LogP contribution in [0.1, 0.15) is 0 Å². The summed E-state index contributed by atoms with van der Waals surface area (Å²) in [5.41, 5.74) is 1.34.